The van der Waals surface area contributed by atoms with Gasteiger partial charge in [0.15, 0.2) is 0 Å². The van der Waals surface area contributed by atoms with Crippen molar-refractivity contribution in [2.75, 3.05) is 14.2 Å². The standard InChI is InChI=1S/C12H13NO4/c1-16-11(14)10(12(15)17-2)8-13-9-6-4-3-5-7-9/h3-8,14H,1-2H3/p-1. The number of rotatable bonds is 4. The van der Waals surface area contributed by atoms with E-state index in [9.17, 15) is 9.90 Å². The van der Waals surface area contributed by atoms with E-state index in [0.717, 1.165) is 6.21 Å². The zero-order chi connectivity index (χ0) is 12.7. The van der Waals surface area contributed by atoms with E-state index in [1.807, 2.05) is 6.07 Å². The minimum atomic E-state index is -0.781. The van der Waals surface area contributed by atoms with Gasteiger partial charge in [-0.3, -0.25) is 4.99 Å². The monoisotopic (exact) mass is 234 g/mol. The maximum absolute atomic E-state index is 11.3. The highest BCUT2D eigenvalue weighted by atomic mass is 16.6. The van der Waals surface area contributed by atoms with Crippen LogP contribution in [0.3, 0.4) is 0 Å². The molecule has 0 unspecified atom stereocenters. The van der Waals surface area contributed by atoms with Crippen molar-refractivity contribution in [3.63, 3.8) is 0 Å². The molecule has 0 aliphatic heterocycles. The van der Waals surface area contributed by atoms with E-state index in [0.29, 0.717) is 5.69 Å². The lowest BCUT2D eigenvalue weighted by molar-refractivity contribution is -0.354. The Bertz CT molecular complexity index is 437. The Morgan fingerprint density at radius 3 is 2.41 bits per heavy atom. The second-order valence-corrected chi connectivity index (χ2v) is 2.99. The van der Waals surface area contributed by atoms with Crippen LogP contribution in [0.1, 0.15) is 0 Å². The largest absolute Gasteiger partial charge is 0.616 e. The molecule has 0 aliphatic rings. The third-order valence-corrected chi connectivity index (χ3v) is 1.91. The van der Waals surface area contributed by atoms with Crippen LogP contribution in [0.2, 0.25) is 0 Å². The molecule has 0 aromatic heterocycles. The maximum Gasteiger partial charge on any atom is 0.341 e. The molecule has 0 bridgehead atoms. The SMILES string of the molecule is COC(=O)C(C=Nc1ccccc1)=C([O-])OC. The first-order valence-electron chi connectivity index (χ1n) is 4.81. The molecular weight excluding hydrogens is 222 g/mol. The summed E-state index contributed by atoms with van der Waals surface area (Å²) in [5, 5.41) is 11.3. The molecule has 1 rings (SSSR count). The number of esters is 1. The second-order valence-electron chi connectivity index (χ2n) is 2.99. The van der Waals surface area contributed by atoms with Gasteiger partial charge in [-0.05, 0) is 19.2 Å². The topological polar surface area (TPSA) is 71.0 Å². The fourth-order valence-electron chi connectivity index (χ4n) is 1.06. The fourth-order valence-corrected chi connectivity index (χ4v) is 1.06. The first-order valence-corrected chi connectivity index (χ1v) is 4.81. The van der Waals surface area contributed by atoms with Gasteiger partial charge >= 0.3 is 5.97 Å². The highest BCUT2D eigenvalue weighted by Crippen LogP contribution is 2.10. The van der Waals surface area contributed by atoms with Gasteiger partial charge in [-0.2, -0.15) is 0 Å². The highest BCUT2D eigenvalue weighted by Gasteiger charge is 2.09. The first kappa shape index (κ1) is 12.8. The number of para-hydroxylation sites is 1. The van der Waals surface area contributed by atoms with Gasteiger partial charge in [0.25, 0.3) is 0 Å². The summed E-state index contributed by atoms with van der Waals surface area (Å²) in [4.78, 5) is 15.3. The van der Waals surface area contributed by atoms with E-state index >= 15 is 0 Å². The molecule has 0 spiro atoms. The Balaban J connectivity index is 2.96. The molecule has 0 amide bonds. The van der Waals surface area contributed by atoms with Crippen LogP contribution in [0.4, 0.5) is 5.69 Å². The summed E-state index contributed by atoms with van der Waals surface area (Å²) in [5.74, 6) is -1.56. The molecule has 0 heterocycles. The van der Waals surface area contributed by atoms with Crippen molar-refractivity contribution in [1.29, 1.82) is 0 Å². The molecule has 1 aromatic rings. The number of aliphatic imine (C=N–C) groups is 1. The number of ether oxygens (including phenoxy) is 2. The predicted molar refractivity (Wildman–Crippen MR) is 60.6 cm³/mol. The Kier molecular flexibility index (Phi) is 4.75. The molecule has 90 valence electrons. The van der Waals surface area contributed by atoms with E-state index in [1.165, 1.54) is 14.2 Å². The minimum absolute atomic E-state index is 0.251. The number of hydrogen-bond acceptors (Lipinski definition) is 5. The van der Waals surface area contributed by atoms with Gasteiger partial charge in [0, 0.05) is 6.21 Å². The van der Waals surface area contributed by atoms with Gasteiger partial charge < -0.3 is 14.6 Å². The number of hydrogen-bond donors (Lipinski definition) is 0. The van der Waals surface area contributed by atoms with Crippen molar-refractivity contribution in [2.24, 2.45) is 4.99 Å². The zero-order valence-corrected chi connectivity index (χ0v) is 9.54. The van der Waals surface area contributed by atoms with Crippen LogP contribution in [-0.4, -0.2) is 26.4 Å². The molecule has 0 aliphatic carbocycles. The van der Waals surface area contributed by atoms with Crippen LogP contribution in [0, 0.1) is 0 Å². The number of carbonyl (C=O) groups excluding carboxylic acids is 1. The summed E-state index contributed by atoms with van der Waals surface area (Å²) in [6.07, 6.45) is 1.13. The number of carbonyl (C=O) groups is 1. The first-order chi connectivity index (χ1) is 8.19. The third-order valence-electron chi connectivity index (χ3n) is 1.91. The molecular formula is C12H12NO4-. The van der Waals surface area contributed by atoms with Crippen LogP contribution in [0.5, 0.6) is 0 Å². The summed E-state index contributed by atoms with van der Waals surface area (Å²) >= 11 is 0. The van der Waals surface area contributed by atoms with Crippen molar-refractivity contribution in [3.05, 3.63) is 41.9 Å². The van der Waals surface area contributed by atoms with Crippen molar-refractivity contribution < 1.29 is 19.4 Å². The van der Waals surface area contributed by atoms with E-state index in [2.05, 4.69) is 14.5 Å². The lowest BCUT2D eigenvalue weighted by Gasteiger charge is -2.11. The van der Waals surface area contributed by atoms with E-state index in [4.69, 9.17) is 0 Å². The molecule has 5 nitrogen and oxygen atoms in total. The minimum Gasteiger partial charge on any atom is -0.616 e. The van der Waals surface area contributed by atoms with Crippen molar-refractivity contribution >= 4 is 17.9 Å². The Labute approximate surface area is 99.0 Å². The lowest BCUT2D eigenvalue weighted by Crippen LogP contribution is -2.17. The molecule has 0 saturated carbocycles. The number of benzene rings is 1. The van der Waals surface area contributed by atoms with Gasteiger partial charge in [0.05, 0.1) is 24.3 Å². The average Bonchev–Trinajstić information content (AvgIpc) is 2.39. The van der Waals surface area contributed by atoms with Gasteiger partial charge in [-0.15, -0.1) is 0 Å². The van der Waals surface area contributed by atoms with Crippen molar-refractivity contribution in [2.45, 2.75) is 0 Å². The number of nitrogens with zero attached hydrogens (tertiary/aromatic N) is 1. The number of methoxy groups -OCH3 is 2. The van der Waals surface area contributed by atoms with Crippen LogP contribution in [0.25, 0.3) is 0 Å². The molecule has 0 atom stereocenters. The summed E-state index contributed by atoms with van der Waals surface area (Å²) in [6.45, 7) is 0. The van der Waals surface area contributed by atoms with Crippen LogP contribution < -0.4 is 5.11 Å². The summed E-state index contributed by atoms with van der Waals surface area (Å²) < 4.78 is 8.91. The van der Waals surface area contributed by atoms with Gasteiger partial charge in [0.1, 0.15) is 0 Å². The maximum atomic E-state index is 11.3. The Hall–Kier alpha value is -2.30. The van der Waals surface area contributed by atoms with Gasteiger partial charge in [-0.1, -0.05) is 18.2 Å². The van der Waals surface area contributed by atoms with Gasteiger partial charge in [-0.25, -0.2) is 4.79 Å². The lowest BCUT2D eigenvalue weighted by atomic mass is 10.3. The smallest absolute Gasteiger partial charge is 0.341 e. The summed E-state index contributed by atoms with van der Waals surface area (Å²) in [5.41, 5.74) is 0.372. The summed E-state index contributed by atoms with van der Waals surface area (Å²) in [6, 6.07) is 8.90. The molecule has 0 N–H and O–H groups in total. The zero-order valence-electron chi connectivity index (χ0n) is 9.54. The molecule has 0 saturated heterocycles. The van der Waals surface area contributed by atoms with E-state index in [-0.39, 0.29) is 5.57 Å². The highest BCUT2D eigenvalue weighted by molar-refractivity contribution is 6.10. The Morgan fingerprint density at radius 1 is 1.24 bits per heavy atom. The van der Waals surface area contributed by atoms with Gasteiger partial charge in [0.2, 0.25) is 0 Å². The third kappa shape index (κ3) is 3.64. The van der Waals surface area contributed by atoms with Crippen LogP contribution >= 0.6 is 0 Å². The van der Waals surface area contributed by atoms with Crippen LogP contribution in [0.15, 0.2) is 46.8 Å². The molecule has 1 aromatic carbocycles. The van der Waals surface area contributed by atoms with E-state index in [1.54, 1.807) is 24.3 Å². The molecule has 0 radical (unpaired) electrons. The van der Waals surface area contributed by atoms with Crippen LogP contribution in [-0.2, 0) is 14.3 Å². The van der Waals surface area contributed by atoms with Crippen molar-refractivity contribution in [1.82, 2.24) is 0 Å². The molecule has 5 heteroatoms. The molecule has 0 fully saturated rings. The second kappa shape index (κ2) is 6.32. The molecule has 17 heavy (non-hydrogen) atoms. The normalized spacial score (nSPS) is 12.1. The average molecular weight is 234 g/mol. The van der Waals surface area contributed by atoms with Crippen molar-refractivity contribution in [3.8, 4) is 0 Å². The fraction of sp³-hybridized carbons (Fsp3) is 0.167. The summed E-state index contributed by atoms with van der Waals surface area (Å²) in [7, 11) is 2.36. The van der Waals surface area contributed by atoms with E-state index < -0.39 is 11.9 Å². The quantitative estimate of drug-likeness (QED) is 0.334. The Morgan fingerprint density at radius 2 is 1.88 bits per heavy atom. The predicted octanol–water partition coefficient (Wildman–Crippen LogP) is 0.780.